The Labute approximate surface area is 168 Å². The van der Waals surface area contributed by atoms with E-state index in [1.807, 2.05) is 50.2 Å². The molecule has 150 valence electrons. The molecule has 0 radical (unpaired) electrons. The molecule has 1 amide bonds. The zero-order chi connectivity index (χ0) is 20.7. The van der Waals surface area contributed by atoms with E-state index in [1.165, 1.54) is 23.9 Å². The van der Waals surface area contributed by atoms with Crippen LogP contribution >= 0.6 is 11.8 Å². The first-order valence-corrected chi connectivity index (χ1v) is 9.85. The van der Waals surface area contributed by atoms with Crippen LogP contribution in [0.4, 0.5) is 5.69 Å². The molecule has 0 saturated carbocycles. The Morgan fingerprint density at radius 2 is 1.93 bits per heavy atom. The summed E-state index contributed by atoms with van der Waals surface area (Å²) in [5.41, 5.74) is 2.34. The number of rotatable bonds is 9. The summed E-state index contributed by atoms with van der Waals surface area (Å²) in [6, 6.07) is 12.3. The number of hydrogen-bond acceptors (Lipinski definition) is 6. The van der Waals surface area contributed by atoms with Gasteiger partial charge in [-0.15, -0.1) is 11.8 Å². The highest BCUT2D eigenvalue weighted by molar-refractivity contribution is 7.99. The Balaban J connectivity index is 2.20. The number of carbonyl (C=O) groups is 1. The molecule has 0 unspecified atom stereocenters. The van der Waals surface area contributed by atoms with Crippen molar-refractivity contribution in [2.75, 3.05) is 33.0 Å². The average Bonchev–Trinajstić information content (AvgIpc) is 2.67. The predicted molar refractivity (Wildman–Crippen MR) is 111 cm³/mol. The molecule has 2 N–H and O–H groups in total. The van der Waals surface area contributed by atoms with Crippen molar-refractivity contribution in [2.45, 2.75) is 17.9 Å². The SMILES string of the molecule is Cc1ccc([C@@H](CNC(=O)c2cc([N+](=O)[O-])ccc2SCCO)N(C)C)cc1. The molecule has 8 heteroatoms. The van der Waals surface area contributed by atoms with E-state index >= 15 is 0 Å². The number of thioether (sulfide) groups is 1. The lowest BCUT2D eigenvalue weighted by Gasteiger charge is -2.25. The average molecular weight is 404 g/mol. The summed E-state index contributed by atoms with van der Waals surface area (Å²) in [4.78, 5) is 26.0. The fourth-order valence-corrected chi connectivity index (χ4v) is 3.54. The molecule has 0 heterocycles. The first kappa shape index (κ1) is 21.9. The number of aryl methyl sites for hydroxylation is 1. The molecular weight excluding hydrogens is 378 g/mol. The van der Waals surface area contributed by atoms with Crippen LogP contribution in [0.5, 0.6) is 0 Å². The Bertz CT molecular complexity index is 825. The normalized spacial score (nSPS) is 12.0. The maximum absolute atomic E-state index is 12.8. The molecule has 28 heavy (non-hydrogen) atoms. The maximum atomic E-state index is 12.8. The van der Waals surface area contributed by atoms with Gasteiger partial charge in [-0.1, -0.05) is 29.8 Å². The van der Waals surface area contributed by atoms with Gasteiger partial charge < -0.3 is 15.3 Å². The summed E-state index contributed by atoms with van der Waals surface area (Å²) in [5, 5.41) is 23.0. The van der Waals surface area contributed by atoms with Gasteiger partial charge in [0.05, 0.1) is 23.1 Å². The van der Waals surface area contributed by atoms with Crippen molar-refractivity contribution in [2.24, 2.45) is 0 Å². The van der Waals surface area contributed by atoms with Crippen molar-refractivity contribution in [1.29, 1.82) is 0 Å². The zero-order valence-electron chi connectivity index (χ0n) is 16.2. The van der Waals surface area contributed by atoms with Crippen LogP contribution in [0.2, 0.25) is 0 Å². The minimum Gasteiger partial charge on any atom is -0.396 e. The first-order chi connectivity index (χ1) is 13.3. The second kappa shape index (κ2) is 10.2. The summed E-state index contributed by atoms with van der Waals surface area (Å²) in [5.74, 6) is 0.0324. The standard InChI is InChI=1S/C20H25N3O4S/c1-14-4-6-15(7-5-14)18(22(2)3)13-21-20(25)17-12-16(23(26)27)8-9-19(17)28-11-10-24/h4-9,12,18,24H,10-11,13H2,1-3H3,(H,21,25)/t18-/m1/s1. The van der Waals surface area contributed by atoms with Crippen LogP contribution in [0.3, 0.4) is 0 Å². The molecule has 0 aliphatic carbocycles. The van der Waals surface area contributed by atoms with Gasteiger partial charge in [0.25, 0.3) is 11.6 Å². The first-order valence-electron chi connectivity index (χ1n) is 8.86. The van der Waals surface area contributed by atoms with E-state index in [2.05, 4.69) is 5.32 Å². The lowest BCUT2D eigenvalue weighted by molar-refractivity contribution is -0.384. The molecule has 2 aromatic carbocycles. The number of aliphatic hydroxyl groups excluding tert-OH is 1. The quantitative estimate of drug-likeness (QED) is 0.380. The molecule has 0 aliphatic rings. The summed E-state index contributed by atoms with van der Waals surface area (Å²) < 4.78 is 0. The minimum atomic E-state index is -0.522. The zero-order valence-corrected chi connectivity index (χ0v) is 17.0. The van der Waals surface area contributed by atoms with E-state index < -0.39 is 4.92 Å². The van der Waals surface area contributed by atoms with Crippen molar-refractivity contribution in [3.05, 3.63) is 69.3 Å². The third-order valence-corrected chi connectivity index (χ3v) is 5.36. The van der Waals surface area contributed by atoms with Crippen molar-refractivity contribution < 1.29 is 14.8 Å². The van der Waals surface area contributed by atoms with Gasteiger partial charge in [0.15, 0.2) is 0 Å². The fourth-order valence-electron chi connectivity index (χ4n) is 2.76. The van der Waals surface area contributed by atoms with Crippen LogP contribution in [-0.2, 0) is 0 Å². The monoisotopic (exact) mass is 403 g/mol. The van der Waals surface area contributed by atoms with Gasteiger partial charge in [-0.25, -0.2) is 0 Å². The molecule has 7 nitrogen and oxygen atoms in total. The predicted octanol–water partition coefficient (Wildman–Crippen LogP) is 3.02. The number of nitrogens with one attached hydrogen (secondary N) is 1. The molecule has 0 aromatic heterocycles. The van der Waals surface area contributed by atoms with Gasteiger partial charge in [0, 0.05) is 29.3 Å². The van der Waals surface area contributed by atoms with Crippen molar-refractivity contribution in [3.63, 3.8) is 0 Å². The van der Waals surface area contributed by atoms with Gasteiger partial charge in [-0.05, 0) is 32.6 Å². The number of non-ortho nitro benzene ring substituents is 1. The van der Waals surface area contributed by atoms with Gasteiger partial charge in [-0.3, -0.25) is 14.9 Å². The molecule has 0 aliphatic heterocycles. The van der Waals surface area contributed by atoms with Crippen LogP contribution in [0.1, 0.15) is 27.5 Å². The number of amides is 1. The van der Waals surface area contributed by atoms with E-state index in [4.69, 9.17) is 5.11 Å². The largest absolute Gasteiger partial charge is 0.396 e. The summed E-state index contributed by atoms with van der Waals surface area (Å²) >= 11 is 1.29. The Morgan fingerprint density at radius 1 is 1.25 bits per heavy atom. The van der Waals surface area contributed by atoms with Crippen molar-refractivity contribution in [1.82, 2.24) is 10.2 Å². The Morgan fingerprint density at radius 3 is 2.50 bits per heavy atom. The topological polar surface area (TPSA) is 95.7 Å². The maximum Gasteiger partial charge on any atom is 0.270 e. The lowest BCUT2D eigenvalue weighted by Crippen LogP contribution is -2.34. The molecule has 2 rings (SSSR count). The highest BCUT2D eigenvalue weighted by Crippen LogP contribution is 2.27. The highest BCUT2D eigenvalue weighted by Gasteiger charge is 2.20. The van der Waals surface area contributed by atoms with Gasteiger partial charge in [0.2, 0.25) is 0 Å². The molecule has 2 aromatic rings. The second-order valence-corrected chi connectivity index (χ2v) is 7.75. The van der Waals surface area contributed by atoms with Crippen molar-refractivity contribution in [3.8, 4) is 0 Å². The van der Waals surface area contributed by atoms with E-state index in [9.17, 15) is 14.9 Å². The number of nitro benzene ring substituents is 1. The third-order valence-electron chi connectivity index (χ3n) is 4.31. The second-order valence-electron chi connectivity index (χ2n) is 6.61. The smallest absolute Gasteiger partial charge is 0.270 e. The third kappa shape index (κ3) is 5.79. The fraction of sp³-hybridized carbons (Fsp3) is 0.350. The van der Waals surface area contributed by atoms with Crippen LogP contribution in [0.25, 0.3) is 0 Å². The van der Waals surface area contributed by atoms with E-state index in [0.717, 1.165) is 11.1 Å². The summed E-state index contributed by atoms with van der Waals surface area (Å²) in [7, 11) is 3.87. The minimum absolute atomic E-state index is 0.0307. The van der Waals surface area contributed by atoms with Gasteiger partial charge in [-0.2, -0.15) is 0 Å². The van der Waals surface area contributed by atoms with E-state index in [-0.39, 0.29) is 29.8 Å². The van der Waals surface area contributed by atoms with Crippen LogP contribution in [0.15, 0.2) is 47.4 Å². The molecule has 0 saturated heterocycles. The number of carbonyl (C=O) groups excluding carboxylic acids is 1. The van der Waals surface area contributed by atoms with Crippen LogP contribution in [0, 0.1) is 17.0 Å². The van der Waals surface area contributed by atoms with E-state index in [1.54, 1.807) is 6.07 Å². The Kier molecular flexibility index (Phi) is 7.98. The molecule has 1 atom stereocenters. The number of hydrogen-bond donors (Lipinski definition) is 2. The van der Waals surface area contributed by atoms with Gasteiger partial charge in [0.1, 0.15) is 0 Å². The lowest BCUT2D eigenvalue weighted by atomic mass is 10.0. The van der Waals surface area contributed by atoms with Crippen LogP contribution < -0.4 is 5.32 Å². The van der Waals surface area contributed by atoms with Crippen molar-refractivity contribution >= 4 is 23.4 Å². The summed E-state index contributed by atoms with van der Waals surface area (Å²) in [6.07, 6.45) is 0. The van der Waals surface area contributed by atoms with Crippen LogP contribution in [-0.4, -0.2) is 53.8 Å². The highest BCUT2D eigenvalue weighted by atomic mass is 32.2. The van der Waals surface area contributed by atoms with E-state index in [0.29, 0.717) is 17.2 Å². The molecular formula is C20H25N3O4S. The Hall–Kier alpha value is -2.42. The number of nitro groups is 1. The molecule has 0 bridgehead atoms. The number of likely N-dealkylation sites (N-methyl/N-ethyl adjacent to an activating group) is 1. The molecule has 0 fully saturated rings. The number of nitrogens with zero attached hydrogens (tertiary/aromatic N) is 2. The number of aliphatic hydroxyl groups is 1. The number of benzene rings is 2. The summed E-state index contributed by atoms with van der Waals surface area (Å²) in [6.45, 7) is 2.34. The molecule has 0 spiro atoms. The van der Waals surface area contributed by atoms with Gasteiger partial charge >= 0.3 is 0 Å².